The van der Waals surface area contributed by atoms with Gasteiger partial charge in [-0.1, -0.05) is 26.7 Å². The van der Waals surface area contributed by atoms with Crippen LogP contribution in [-0.4, -0.2) is 20.4 Å². The molecule has 5 nitrogen and oxygen atoms in total. The molecular formula is C15H24N2O3S2. The topological polar surface area (TPSA) is 75.3 Å². The van der Waals surface area contributed by atoms with E-state index >= 15 is 0 Å². The van der Waals surface area contributed by atoms with Crippen molar-refractivity contribution >= 4 is 27.3 Å². The molecule has 0 aromatic carbocycles. The molecule has 0 unspecified atom stereocenters. The van der Waals surface area contributed by atoms with Gasteiger partial charge in [-0.05, 0) is 30.4 Å². The van der Waals surface area contributed by atoms with E-state index in [1.165, 1.54) is 24.7 Å². The van der Waals surface area contributed by atoms with Crippen LogP contribution in [0.3, 0.4) is 0 Å². The highest BCUT2D eigenvalue weighted by Gasteiger charge is 2.31. The molecule has 3 atom stereocenters. The summed E-state index contributed by atoms with van der Waals surface area (Å²) in [6.07, 6.45) is 3.13. The van der Waals surface area contributed by atoms with Crippen molar-refractivity contribution in [3.05, 3.63) is 17.0 Å². The van der Waals surface area contributed by atoms with E-state index in [1.54, 1.807) is 12.1 Å². The lowest BCUT2D eigenvalue weighted by Gasteiger charge is -2.34. The first-order chi connectivity index (χ1) is 10.3. The molecule has 1 aromatic rings. The second-order valence-corrected chi connectivity index (χ2v) is 9.23. The zero-order valence-electron chi connectivity index (χ0n) is 13.3. The summed E-state index contributed by atoms with van der Waals surface area (Å²) < 4.78 is 28.2. The van der Waals surface area contributed by atoms with E-state index < -0.39 is 10.0 Å². The Hall–Kier alpha value is -0.920. The maximum Gasteiger partial charge on any atom is 0.250 e. The number of rotatable bonds is 5. The summed E-state index contributed by atoms with van der Waals surface area (Å²) in [7, 11) is -3.48. The predicted molar refractivity (Wildman–Crippen MR) is 88.1 cm³/mol. The fourth-order valence-corrected chi connectivity index (χ4v) is 5.49. The average Bonchev–Trinajstić information content (AvgIpc) is 2.91. The number of nitrogens with one attached hydrogen (secondary N) is 2. The van der Waals surface area contributed by atoms with Gasteiger partial charge in [0.15, 0.2) is 0 Å². The average molecular weight is 345 g/mol. The Morgan fingerprint density at radius 1 is 1.32 bits per heavy atom. The Kier molecular flexibility index (Phi) is 5.63. The van der Waals surface area contributed by atoms with Crippen molar-refractivity contribution in [1.82, 2.24) is 10.0 Å². The van der Waals surface area contributed by atoms with Crippen LogP contribution in [-0.2, 0) is 21.4 Å². The van der Waals surface area contributed by atoms with Crippen molar-refractivity contribution in [2.24, 2.45) is 11.8 Å². The van der Waals surface area contributed by atoms with Gasteiger partial charge in [0.25, 0.3) is 0 Å². The van der Waals surface area contributed by atoms with Crippen molar-refractivity contribution in [3.63, 3.8) is 0 Å². The normalized spacial score (nSPS) is 25.9. The van der Waals surface area contributed by atoms with Crippen molar-refractivity contribution in [1.29, 1.82) is 0 Å². The standard InChI is InChI=1S/C15H24N2O3S2/c1-10-5-4-6-14(11(10)2)17-22(19,20)15-8-7-13(21-15)9-16-12(3)18/h7-8,10-11,14,17H,4-6,9H2,1-3H3,(H,16,18)/t10-,11+,14+/m0/s1. The molecule has 1 amide bonds. The molecule has 124 valence electrons. The minimum atomic E-state index is -3.48. The maximum absolute atomic E-state index is 12.5. The number of amides is 1. The van der Waals surface area contributed by atoms with Crippen molar-refractivity contribution < 1.29 is 13.2 Å². The highest BCUT2D eigenvalue weighted by Crippen LogP contribution is 2.31. The molecule has 0 aliphatic heterocycles. The molecule has 2 N–H and O–H groups in total. The summed E-state index contributed by atoms with van der Waals surface area (Å²) in [4.78, 5) is 11.7. The summed E-state index contributed by atoms with van der Waals surface area (Å²) in [5.41, 5.74) is 0. The molecule has 0 radical (unpaired) electrons. The zero-order valence-corrected chi connectivity index (χ0v) is 14.9. The highest BCUT2D eigenvalue weighted by atomic mass is 32.2. The van der Waals surface area contributed by atoms with E-state index in [0.29, 0.717) is 22.6 Å². The van der Waals surface area contributed by atoms with E-state index in [4.69, 9.17) is 0 Å². The van der Waals surface area contributed by atoms with Gasteiger partial charge in [-0.2, -0.15) is 0 Å². The van der Waals surface area contributed by atoms with Gasteiger partial charge in [0, 0.05) is 17.8 Å². The van der Waals surface area contributed by atoms with Gasteiger partial charge in [-0.3, -0.25) is 4.79 Å². The molecule has 1 aliphatic carbocycles. The minimum Gasteiger partial charge on any atom is -0.351 e. The van der Waals surface area contributed by atoms with Gasteiger partial charge < -0.3 is 5.32 Å². The Labute approximate surface area is 136 Å². The van der Waals surface area contributed by atoms with Crippen LogP contribution < -0.4 is 10.0 Å². The molecule has 1 fully saturated rings. The first-order valence-electron chi connectivity index (χ1n) is 7.65. The van der Waals surface area contributed by atoms with E-state index in [0.717, 1.165) is 17.7 Å². The molecule has 1 heterocycles. The lowest BCUT2D eigenvalue weighted by atomic mass is 9.78. The molecule has 2 rings (SSSR count). The van der Waals surface area contributed by atoms with Crippen molar-refractivity contribution in [2.75, 3.05) is 0 Å². The summed E-state index contributed by atoms with van der Waals surface area (Å²) in [5.74, 6) is 0.767. The first kappa shape index (κ1) is 17.4. The van der Waals surface area contributed by atoms with Crippen LogP contribution in [0.5, 0.6) is 0 Å². The summed E-state index contributed by atoms with van der Waals surface area (Å²) in [6.45, 7) is 6.11. The number of carbonyl (C=O) groups is 1. The first-order valence-corrected chi connectivity index (χ1v) is 9.95. The van der Waals surface area contributed by atoms with E-state index in [1.807, 2.05) is 0 Å². The molecule has 0 bridgehead atoms. The third-order valence-corrected chi connectivity index (χ3v) is 7.49. The van der Waals surface area contributed by atoms with E-state index in [2.05, 4.69) is 23.9 Å². The van der Waals surface area contributed by atoms with Crippen molar-refractivity contribution in [2.45, 2.75) is 56.8 Å². The molecule has 1 aliphatic rings. The second kappa shape index (κ2) is 7.10. The number of thiophene rings is 1. The zero-order chi connectivity index (χ0) is 16.3. The number of hydrogen-bond donors (Lipinski definition) is 2. The Morgan fingerprint density at radius 3 is 2.73 bits per heavy atom. The fourth-order valence-electron chi connectivity index (χ4n) is 2.81. The SMILES string of the molecule is CC(=O)NCc1ccc(S(=O)(=O)N[C@@H]2CCC[C@H](C)[C@H]2C)s1. The molecule has 1 aromatic heterocycles. The van der Waals surface area contributed by atoms with Gasteiger partial charge in [-0.25, -0.2) is 13.1 Å². The molecule has 22 heavy (non-hydrogen) atoms. The number of sulfonamides is 1. The monoisotopic (exact) mass is 344 g/mol. The Bertz CT molecular complexity index is 624. The summed E-state index contributed by atoms with van der Waals surface area (Å²) in [6, 6.07) is 3.37. The third-order valence-electron chi connectivity index (χ3n) is 4.43. The molecule has 7 heteroatoms. The lowest BCUT2D eigenvalue weighted by Crippen LogP contribution is -2.43. The van der Waals surface area contributed by atoms with Crippen molar-refractivity contribution in [3.8, 4) is 0 Å². The molecule has 1 saturated carbocycles. The summed E-state index contributed by atoms with van der Waals surface area (Å²) in [5, 5.41) is 2.68. The molecule has 0 spiro atoms. The van der Waals surface area contributed by atoms with E-state index in [9.17, 15) is 13.2 Å². The van der Waals surface area contributed by atoms with Crippen LogP contribution in [0.2, 0.25) is 0 Å². The van der Waals surface area contributed by atoms with Gasteiger partial charge >= 0.3 is 0 Å². The van der Waals surface area contributed by atoms with Gasteiger partial charge in [0.1, 0.15) is 4.21 Å². The fraction of sp³-hybridized carbons (Fsp3) is 0.667. The van der Waals surface area contributed by atoms with Gasteiger partial charge in [0.05, 0.1) is 6.54 Å². The van der Waals surface area contributed by atoms with Gasteiger partial charge in [-0.15, -0.1) is 11.3 Å². The predicted octanol–water partition coefficient (Wildman–Crippen LogP) is 2.49. The molecular weight excluding hydrogens is 320 g/mol. The van der Waals surface area contributed by atoms with Gasteiger partial charge in [0.2, 0.25) is 15.9 Å². The second-order valence-electron chi connectivity index (χ2n) is 6.13. The van der Waals surface area contributed by atoms with E-state index in [-0.39, 0.29) is 11.9 Å². The quantitative estimate of drug-likeness (QED) is 0.862. The molecule has 0 saturated heterocycles. The third kappa shape index (κ3) is 4.30. The van der Waals surface area contributed by atoms with Crippen LogP contribution in [0, 0.1) is 11.8 Å². The van der Waals surface area contributed by atoms with Crippen LogP contribution in [0.1, 0.15) is 44.9 Å². The van der Waals surface area contributed by atoms with Crippen LogP contribution in [0.15, 0.2) is 16.3 Å². The van der Waals surface area contributed by atoms with Crippen LogP contribution in [0.4, 0.5) is 0 Å². The maximum atomic E-state index is 12.5. The summed E-state index contributed by atoms with van der Waals surface area (Å²) >= 11 is 1.21. The largest absolute Gasteiger partial charge is 0.351 e. The Morgan fingerprint density at radius 2 is 2.05 bits per heavy atom. The smallest absolute Gasteiger partial charge is 0.250 e. The number of hydrogen-bond acceptors (Lipinski definition) is 4. The minimum absolute atomic E-state index is 0.00893. The highest BCUT2D eigenvalue weighted by molar-refractivity contribution is 7.91. The number of carbonyl (C=O) groups excluding carboxylic acids is 1. The lowest BCUT2D eigenvalue weighted by molar-refractivity contribution is -0.119. The van der Waals surface area contributed by atoms with Crippen LogP contribution in [0.25, 0.3) is 0 Å². The Balaban J connectivity index is 2.05. The van der Waals surface area contributed by atoms with Crippen LogP contribution >= 0.6 is 11.3 Å².